The van der Waals surface area contributed by atoms with Crippen molar-refractivity contribution >= 4 is 41.2 Å². The molecule has 19 heteroatoms. The van der Waals surface area contributed by atoms with Gasteiger partial charge in [-0.1, -0.05) is 41.9 Å². The van der Waals surface area contributed by atoms with Gasteiger partial charge in [-0.15, -0.1) is 5.10 Å². The van der Waals surface area contributed by atoms with Crippen molar-refractivity contribution in [1.29, 1.82) is 0 Å². The number of rotatable bonds is 12. The minimum atomic E-state index is -4.81. The summed E-state index contributed by atoms with van der Waals surface area (Å²) in [6.45, 7) is 4.12. The van der Waals surface area contributed by atoms with Crippen LogP contribution in [-0.4, -0.2) is 130 Å². The highest BCUT2D eigenvalue weighted by atomic mass is 35.5. The number of nitrogens with one attached hydrogen (secondary N) is 1. The molecule has 5 heterocycles. The topological polar surface area (TPSA) is 176 Å². The number of nitrogen functional groups attached to an aromatic ring is 1. The number of carbonyl (C=O) groups excluding carboxylic acids is 4. The molecule has 0 radical (unpaired) electrons. The molecule has 61 heavy (non-hydrogen) atoms. The summed E-state index contributed by atoms with van der Waals surface area (Å²) in [5, 5.41) is 4.16. The molecule has 0 spiro atoms. The molecule has 4 fully saturated rings. The molecule has 1 atom stereocenters. The Labute approximate surface area is 356 Å². The van der Waals surface area contributed by atoms with Crippen LogP contribution in [0.3, 0.4) is 0 Å². The third-order valence-electron chi connectivity index (χ3n) is 12.5. The number of carbonyl (C=O) groups is 4. The van der Waals surface area contributed by atoms with Gasteiger partial charge in [-0.25, -0.2) is 14.3 Å². The normalized spacial score (nSPS) is 19.3. The maximum atomic E-state index is 14.2. The highest BCUT2D eigenvalue weighted by Gasteiger charge is 2.38. The molecule has 3 aromatic rings. The average Bonchev–Trinajstić information content (AvgIpc) is 3.86. The number of hydrogen-bond donors (Lipinski definition) is 2. The maximum Gasteiger partial charge on any atom is 0.418 e. The van der Waals surface area contributed by atoms with Gasteiger partial charge in [0, 0.05) is 51.1 Å². The Morgan fingerprint density at radius 2 is 1.56 bits per heavy atom. The first-order valence-corrected chi connectivity index (χ1v) is 21.4. The third kappa shape index (κ3) is 10.9. The van der Waals surface area contributed by atoms with E-state index in [1.165, 1.54) is 15.6 Å². The summed E-state index contributed by atoms with van der Waals surface area (Å²) in [5.41, 5.74) is 4.33. The second-order valence-electron chi connectivity index (χ2n) is 16.4. The Bertz CT molecular complexity index is 2090. The number of nitrogens with zero attached hydrogens (tertiary/aromatic N) is 6. The minimum Gasteiger partial charge on any atom is -0.463 e. The van der Waals surface area contributed by atoms with Gasteiger partial charge in [0.05, 0.1) is 35.4 Å². The standard InChI is InChI=1S/C42H52ClF3N8O7/c43-33-24-27(23-32(37(33)47)42(44,45)46)25-34(61-41(59)53-19-12-31(13-20-53)54-40(58)48-38(49-54)30-5-2-1-3-6-30)39(57)52-17-10-29(11-18-52)28-8-15-50(16-9-28)26-36(56)60-22-21-51-14-4-7-35(51)55/h1-3,5-6,23-24,28-29,31,34H,4,7-22,25-26,47H2,(H,48,49,58)/t34-/m1/s1. The number of likely N-dealkylation sites (tertiary alicyclic amines) is 4. The lowest BCUT2D eigenvalue weighted by atomic mass is 9.78. The summed E-state index contributed by atoms with van der Waals surface area (Å²) >= 11 is 6.14. The first-order chi connectivity index (χ1) is 29.2. The Kier molecular flexibility index (Phi) is 13.9. The van der Waals surface area contributed by atoms with E-state index in [0.717, 1.165) is 44.0 Å². The Morgan fingerprint density at radius 3 is 2.20 bits per heavy atom. The zero-order chi connectivity index (χ0) is 43.3. The van der Waals surface area contributed by atoms with Crippen molar-refractivity contribution in [1.82, 2.24) is 34.4 Å². The van der Waals surface area contributed by atoms with E-state index < -0.39 is 35.5 Å². The molecule has 4 aliphatic heterocycles. The van der Waals surface area contributed by atoms with Crippen molar-refractivity contribution in [2.24, 2.45) is 11.8 Å². The van der Waals surface area contributed by atoms with Crippen LogP contribution < -0.4 is 11.4 Å². The molecule has 0 bridgehead atoms. The van der Waals surface area contributed by atoms with Crippen LogP contribution in [0.4, 0.5) is 23.7 Å². The summed E-state index contributed by atoms with van der Waals surface area (Å²) in [6.07, 6.45) is -2.09. The van der Waals surface area contributed by atoms with Gasteiger partial charge in [-0.3, -0.25) is 24.3 Å². The molecule has 3 N–H and O–H groups in total. The molecule has 4 aliphatic rings. The number of aromatic nitrogens is 3. The van der Waals surface area contributed by atoms with E-state index in [2.05, 4.69) is 15.0 Å². The van der Waals surface area contributed by atoms with Crippen LogP contribution in [-0.2, 0) is 36.5 Å². The van der Waals surface area contributed by atoms with E-state index in [0.29, 0.717) is 75.9 Å². The number of benzene rings is 2. The van der Waals surface area contributed by atoms with E-state index in [4.69, 9.17) is 26.8 Å². The zero-order valence-corrected chi connectivity index (χ0v) is 34.7. The molecule has 0 unspecified atom stereocenters. The number of aromatic amines is 1. The SMILES string of the molecule is Nc1c(Cl)cc(C[C@@H](OC(=O)N2CCC(n3nc(-c4ccccc4)[nH]c3=O)CC2)C(=O)N2CCC(C3CCN(CC(=O)OCCN4CCCC4=O)CC3)CC2)cc1C(F)(F)F. The number of piperidine rings is 3. The second kappa shape index (κ2) is 19.3. The molecule has 7 rings (SSSR count). The Hall–Kier alpha value is -5.10. The van der Waals surface area contributed by atoms with Crippen LogP contribution in [0.2, 0.25) is 5.02 Å². The van der Waals surface area contributed by atoms with Crippen molar-refractivity contribution in [2.45, 2.75) is 76.1 Å². The number of nitrogens with two attached hydrogens (primary N) is 1. The summed E-state index contributed by atoms with van der Waals surface area (Å²) in [5.74, 6) is 0.421. The summed E-state index contributed by atoms with van der Waals surface area (Å²) < 4.78 is 54.4. The number of esters is 1. The van der Waals surface area contributed by atoms with E-state index >= 15 is 0 Å². The molecule has 2 aromatic carbocycles. The van der Waals surface area contributed by atoms with Gasteiger partial charge in [0.15, 0.2) is 11.9 Å². The predicted octanol–water partition coefficient (Wildman–Crippen LogP) is 4.99. The maximum absolute atomic E-state index is 14.2. The molecule has 4 saturated heterocycles. The first-order valence-electron chi connectivity index (χ1n) is 21.0. The quantitative estimate of drug-likeness (QED) is 0.186. The van der Waals surface area contributed by atoms with E-state index in [1.54, 1.807) is 9.80 Å². The van der Waals surface area contributed by atoms with E-state index in [9.17, 15) is 37.1 Å². The molecular weight excluding hydrogens is 821 g/mol. The number of alkyl halides is 3. The van der Waals surface area contributed by atoms with Crippen molar-refractivity contribution < 1.29 is 41.8 Å². The Morgan fingerprint density at radius 1 is 0.902 bits per heavy atom. The first kappa shape index (κ1) is 44.0. The monoisotopic (exact) mass is 872 g/mol. The van der Waals surface area contributed by atoms with Gasteiger partial charge in [-0.2, -0.15) is 13.2 Å². The summed E-state index contributed by atoms with van der Waals surface area (Å²) in [7, 11) is 0. The predicted molar refractivity (Wildman–Crippen MR) is 218 cm³/mol. The number of H-pyrrole nitrogens is 1. The fraction of sp³-hybridized carbons (Fsp3) is 0.571. The molecular formula is C42H52ClF3N8O7. The van der Waals surface area contributed by atoms with Gasteiger partial charge < -0.3 is 29.9 Å². The molecule has 1 aromatic heterocycles. The Balaban J connectivity index is 0.939. The van der Waals surface area contributed by atoms with Crippen molar-refractivity contribution in [3.63, 3.8) is 0 Å². The highest BCUT2D eigenvalue weighted by Crippen LogP contribution is 2.39. The average molecular weight is 873 g/mol. The van der Waals surface area contributed by atoms with Gasteiger partial charge in [0.1, 0.15) is 6.61 Å². The number of hydrogen-bond acceptors (Lipinski definition) is 10. The van der Waals surface area contributed by atoms with Crippen LogP contribution in [0.15, 0.2) is 47.3 Å². The van der Waals surface area contributed by atoms with E-state index in [-0.39, 0.29) is 66.9 Å². The smallest absolute Gasteiger partial charge is 0.418 e. The zero-order valence-electron chi connectivity index (χ0n) is 33.9. The van der Waals surface area contributed by atoms with Gasteiger partial charge in [0.2, 0.25) is 5.91 Å². The van der Waals surface area contributed by atoms with Crippen LogP contribution in [0.25, 0.3) is 11.4 Å². The lowest BCUT2D eigenvalue weighted by molar-refractivity contribution is -0.147. The van der Waals surface area contributed by atoms with Crippen molar-refractivity contribution in [3.8, 4) is 11.4 Å². The molecule has 3 amide bonds. The summed E-state index contributed by atoms with van der Waals surface area (Å²) in [6, 6.07) is 11.0. The van der Waals surface area contributed by atoms with Gasteiger partial charge in [-0.05, 0) is 87.6 Å². The van der Waals surface area contributed by atoms with Gasteiger partial charge >= 0.3 is 23.9 Å². The molecule has 330 valence electrons. The van der Waals surface area contributed by atoms with Gasteiger partial charge in [0.25, 0.3) is 5.91 Å². The van der Waals surface area contributed by atoms with Crippen LogP contribution in [0.5, 0.6) is 0 Å². The number of amides is 3. The third-order valence-corrected chi connectivity index (χ3v) is 12.8. The molecule has 0 saturated carbocycles. The minimum absolute atomic E-state index is 0.0377. The largest absolute Gasteiger partial charge is 0.463 e. The van der Waals surface area contributed by atoms with Crippen LogP contribution in [0, 0.1) is 11.8 Å². The number of anilines is 1. The second-order valence-corrected chi connectivity index (χ2v) is 16.8. The number of halogens is 4. The van der Waals surface area contributed by atoms with Crippen LogP contribution >= 0.6 is 11.6 Å². The fourth-order valence-corrected chi connectivity index (χ4v) is 9.28. The van der Waals surface area contributed by atoms with Crippen molar-refractivity contribution in [3.05, 3.63) is 69.1 Å². The fourth-order valence-electron chi connectivity index (χ4n) is 9.03. The molecule has 15 nitrogen and oxygen atoms in total. The lowest BCUT2D eigenvalue weighted by Gasteiger charge is -2.40. The van der Waals surface area contributed by atoms with Crippen LogP contribution in [0.1, 0.15) is 68.5 Å². The summed E-state index contributed by atoms with van der Waals surface area (Å²) in [4.78, 5) is 74.5. The highest BCUT2D eigenvalue weighted by molar-refractivity contribution is 6.33. The number of ether oxygens (including phenoxy) is 2. The molecule has 0 aliphatic carbocycles. The van der Waals surface area contributed by atoms with E-state index in [1.807, 2.05) is 30.3 Å². The lowest BCUT2D eigenvalue weighted by Crippen LogP contribution is -2.49. The van der Waals surface area contributed by atoms with Crippen molar-refractivity contribution in [2.75, 3.05) is 71.2 Å².